The van der Waals surface area contributed by atoms with Crippen LogP contribution in [-0.2, 0) is 0 Å². The molecule has 1 aromatic heterocycles. The highest BCUT2D eigenvalue weighted by Crippen LogP contribution is 2.37. The van der Waals surface area contributed by atoms with Crippen LogP contribution in [0.2, 0.25) is 0 Å². The van der Waals surface area contributed by atoms with Crippen molar-refractivity contribution in [2.75, 3.05) is 18.2 Å². The van der Waals surface area contributed by atoms with Crippen molar-refractivity contribution in [3.8, 4) is 11.3 Å². The summed E-state index contributed by atoms with van der Waals surface area (Å²) in [6, 6.07) is 7.88. The van der Waals surface area contributed by atoms with Gasteiger partial charge >= 0.3 is 0 Å². The van der Waals surface area contributed by atoms with Gasteiger partial charge in [-0.3, -0.25) is 0 Å². The summed E-state index contributed by atoms with van der Waals surface area (Å²) in [5.41, 5.74) is 6.61. The van der Waals surface area contributed by atoms with E-state index >= 15 is 0 Å². The predicted octanol–water partition coefficient (Wildman–Crippen LogP) is 3.37. The number of anilines is 1. The molecular formula is C11H12N2OS2. The van der Waals surface area contributed by atoms with Crippen LogP contribution in [0.25, 0.3) is 11.3 Å². The lowest BCUT2D eigenvalue weighted by molar-refractivity contribution is 0.435. The zero-order chi connectivity index (χ0) is 11.5. The lowest BCUT2D eigenvalue weighted by Crippen LogP contribution is -1.83. The van der Waals surface area contributed by atoms with Crippen molar-refractivity contribution in [2.45, 2.75) is 9.79 Å². The summed E-state index contributed by atoms with van der Waals surface area (Å²) in [7, 11) is 0. The average molecular weight is 252 g/mol. The Morgan fingerprint density at radius 3 is 2.62 bits per heavy atom. The van der Waals surface area contributed by atoms with E-state index in [1.165, 1.54) is 9.79 Å². The molecule has 16 heavy (non-hydrogen) atoms. The van der Waals surface area contributed by atoms with Gasteiger partial charge in [0.1, 0.15) is 0 Å². The maximum atomic E-state index is 5.56. The summed E-state index contributed by atoms with van der Waals surface area (Å²) >= 11 is 3.42. The highest BCUT2D eigenvalue weighted by molar-refractivity contribution is 8.01. The second kappa shape index (κ2) is 4.84. The van der Waals surface area contributed by atoms with Gasteiger partial charge in [0.15, 0.2) is 11.6 Å². The second-order valence-corrected chi connectivity index (χ2v) is 4.82. The smallest absolute Gasteiger partial charge is 0.170 e. The average Bonchev–Trinajstić information content (AvgIpc) is 2.74. The van der Waals surface area contributed by atoms with Crippen LogP contribution < -0.4 is 5.73 Å². The van der Waals surface area contributed by atoms with Crippen molar-refractivity contribution >= 4 is 29.3 Å². The van der Waals surface area contributed by atoms with E-state index in [2.05, 4.69) is 23.7 Å². The summed E-state index contributed by atoms with van der Waals surface area (Å²) in [6.07, 6.45) is 4.12. The highest BCUT2D eigenvalue weighted by atomic mass is 32.2. The molecule has 1 aromatic carbocycles. The first-order chi connectivity index (χ1) is 7.76. The van der Waals surface area contributed by atoms with Gasteiger partial charge in [0.2, 0.25) is 0 Å². The Hall–Kier alpha value is -1.07. The summed E-state index contributed by atoms with van der Waals surface area (Å²) in [6.45, 7) is 0. The SMILES string of the molecule is CSc1cccc(-c2cc(N)no2)c1SC. The number of benzene rings is 1. The molecule has 0 saturated heterocycles. The number of hydrogen-bond donors (Lipinski definition) is 1. The van der Waals surface area contributed by atoms with Crippen molar-refractivity contribution in [1.82, 2.24) is 5.16 Å². The molecule has 0 aliphatic rings. The van der Waals surface area contributed by atoms with Crippen LogP contribution in [0, 0.1) is 0 Å². The van der Waals surface area contributed by atoms with Gasteiger partial charge in [-0.15, -0.1) is 23.5 Å². The van der Waals surface area contributed by atoms with Crippen LogP contribution >= 0.6 is 23.5 Å². The van der Waals surface area contributed by atoms with Gasteiger partial charge < -0.3 is 10.3 Å². The van der Waals surface area contributed by atoms with Gasteiger partial charge in [0, 0.05) is 21.4 Å². The van der Waals surface area contributed by atoms with Crippen LogP contribution in [0.15, 0.2) is 38.6 Å². The van der Waals surface area contributed by atoms with Crippen molar-refractivity contribution in [3.63, 3.8) is 0 Å². The first-order valence-electron chi connectivity index (χ1n) is 4.70. The molecule has 0 radical (unpaired) electrons. The van der Waals surface area contributed by atoms with E-state index in [0.29, 0.717) is 5.82 Å². The molecular weight excluding hydrogens is 240 g/mol. The molecule has 0 bridgehead atoms. The summed E-state index contributed by atoms with van der Waals surface area (Å²) in [5, 5.41) is 3.71. The number of nitrogens with two attached hydrogens (primary N) is 1. The third-order valence-corrected chi connectivity index (χ3v) is 3.95. The monoisotopic (exact) mass is 252 g/mol. The fourth-order valence-electron chi connectivity index (χ4n) is 1.50. The van der Waals surface area contributed by atoms with Crippen LogP contribution in [0.5, 0.6) is 0 Å². The Labute approximate surface area is 103 Å². The Morgan fingerprint density at radius 1 is 1.25 bits per heavy atom. The third-order valence-electron chi connectivity index (χ3n) is 2.20. The quantitative estimate of drug-likeness (QED) is 0.849. The number of thioether (sulfide) groups is 2. The van der Waals surface area contributed by atoms with Crippen molar-refractivity contribution in [2.24, 2.45) is 0 Å². The standard InChI is InChI=1S/C11H12N2OS2/c1-15-9-5-3-4-7(11(9)16-2)8-6-10(12)13-14-8/h3-6H,1-2H3,(H2,12,13). The van der Waals surface area contributed by atoms with Gasteiger partial charge in [-0.1, -0.05) is 11.2 Å². The molecule has 84 valence electrons. The van der Waals surface area contributed by atoms with Crippen LogP contribution in [0.4, 0.5) is 5.82 Å². The molecule has 0 aliphatic carbocycles. The van der Waals surface area contributed by atoms with Crippen molar-refractivity contribution < 1.29 is 4.52 Å². The highest BCUT2D eigenvalue weighted by Gasteiger charge is 2.12. The Balaban J connectivity index is 2.56. The van der Waals surface area contributed by atoms with Gasteiger partial charge in [0.25, 0.3) is 0 Å². The largest absolute Gasteiger partial charge is 0.381 e. The zero-order valence-electron chi connectivity index (χ0n) is 9.06. The third kappa shape index (κ3) is 2.05. The Bertz CT molecular complexity index is 496. The van der Waals surface area contributed by atoms with Crippen molar-refractivity contribution in [1.29, 1.82) is 0 Å². The van der Waals surface area contributed by atoms with E-state index in [4.69, 9.17) is 10.3 Å². The summed E-state index contributed by atoms with van der Waals surface area (Å²) in [5.74, 6) is 1.13. The minimum Gasteiger partial charge on any atom is -0.381 e. The maximum Gasteiger partial charge on any atom is 0.170 e. The minimum absolute atomic E-state index is 0.414. The molecule has 0 aliphatic heterocycles. The Kier molecular flexibility index (Phi) is 3.46. The van der Waals surface area contributed by atoms with E-state index in [1.807, 2.05) is 12.1 Å². The predicted molar refractivity (Wildman–Crippen MR) is 69.9 cm³/mol. The molecule has 0 spiro atoms. The number of rotatable bonds is 3. The summed E-state index contributed by atoms with van der Waals surface area (Å²) in [4.78, 5) is 2.44. The number of aromatic nitrogens is 1. The molecule has 3 nitrogen and oxygen atoms in total. The fourth-order valence-corrected chi connectivity index (χ4v) is 3.16. The molecule has 2 N–H and O–H groups in total. The normalized spacial score (nSPS) is 10.6. The van der Waals surface area contributed by atoms with Gasteiger partial charge in [0.05, 0.1) is 0 Å². The Morgan fingerprint density at radius 2 is 2.06 bits per heavy atom. The van der Waals surface area contributed by atoms with E-state index in [1.54, 1.807) is 29.6 Å². The van der Waals surface area contributed by atoms with E-state index in [9.17, 15) is 0 Å². The maximum absolute atomic E-state index is 5.56. The molecule has 0 saturated carbocycles. The number of nitrogens with zero attached hydrogens (tertiary/aromatic N) is 1. The first kappa shape index (κ1) is 11.4. The van der Waals surface area contributed by atoms with Gasteiger partial charge in [-0.05, 0) is 24.6 Å². The first-order valence-corrected chi connectivity index (χ1v) is 7.14. The fraction of sp³-hybridized carbons (Fsp3) is 0.182. The van der Waals surface area contributed by atoms with E-state index in [0.717, 1.165) is 11.3 Å². The van der Waals surface area contributed by atoms with Crippen molar-refractivity contribution in [3.05, 3.63) is 24.3 Å². The lowest BCUT2D eigenvalue weighted by Gasteiger charge is -2.08. The minimum atomic E-state index is 0.414. The molecule has 0 fully saturated rings. The topological polar surface area (TPSA) is 52.0 Å². The lowest BCUT2D eigenvalue weighted by atomic mass is 10.2. The number of nitrogen functional groups attached to an aromatic ring is 1. The van der Waals surface area contributed by atoms with E-state index < -0.39 is 0 Å². The molecule has 2 rings (SSSR count). The molecule has 0 unspecified atom stereocenters. The van der Waals surface area contributed by atoms with Gasteiger partial charge in [-0.2, -0.15) is 0 Å². The number of hydrogen-bond acceptors (Lipinski definition) is 5. The molecule has 0 atom stereocenters. The molecule has 5 heteroatoms. The van der Waals surface area contributed by atoms with Crippen LogP contribution in [0.3, 0.4) is 0 Å². The van der Waals surface area contributed by atoms with E-state index in [-0.39, 0.29) is 0 Å². The zero-order valence-corrected chi connectivity index (χ0v) is 10.7. The van der Waals surface area contributed by atoms with Crippen LogP contribution in [-0.4, -0.2) is 17.7 Å². The van der Waals surface area contributed by atoms with Crippen LogP contribution in [0.1, 0.15) is 0 Å². The molecule has 1 heterocycles. The second-order valence-electron chi connectivity index (χ2n) is 3.16. The van der Waals surface area contributed by atoms with Gasteiger partial charge in [-0.25, -0.2) is 0 Å². The summed E-state index contributed by atoms with van der Waals surface area (Å²) < 4.78 is 5.19. The molecule has 2 aromatic rings. The molecule has 0 amide bonds.